The Kier molecular flexibility index (Phi) is 6.47. The lowest BCUT2D eigenvalue weighted by molar-refractivity contribution is 0.565. The molecular formula is C27H28N6O2S2. The molecule has 4 heterocycles. The van der Waals surface area contributed by atoms with Crippen LogP contribution >= 0.6 is 12.2 Å². The first kappa shape index (κ1) is 24.9. The molecule has 1 aliphatic rings. The van der Waals surface area contributed by atoms with Gasteiger partial charge in [0.05, 0.1) is 41.6 Å². The van der Waals surface area contributed by atoms with E-state index in [0.29, 0.717) is 10.8 Å². The number of aromatic nitrogens is 3. The van der Waals surface area contributed by atoms with Crippen LogP contribution in [0, 0.1) is 20.8 Å². The molecule has 4 aromatic rings. The molecule has 0 radical (unpaired) electrons. The molecule has 0 aliphatic carbocycles. The van der Waals surface area contributed by atoms with E-state index in [9.17, 15) is 8.42 Å². The van der Waals surface area contributed by atoms with Gasteiger partial charge >= 0.3 is 0 Å². The maximum Gasteiger partial charge on any atom is 0.229 e. The van der Waals surface area contributed by atoms with Gasteiger partial charge in [-0.25, -0.2) is 8.42 Å². The van der Waals surface area contributed by atoms with Gasteiger partial charge in [-0.3, -0.25) is 14.7 Å². The van der Waals surface area contributed by atoms with Crippen LogP contribution < -0.4 is 14.9 Å². The molecule has 8 nitrogen and oxygen atoms in total. The van der Waals surface area contributed by atoms with Crippen LogP contribution in [0.25, 0.3) is 5.69 Å². The van der Waals surface area contributed by atoms with Crippen LogP contribution in [0.1, 0.15) is 40.3 Å². The number of anilines is 2. The van der Waals surface area contributed by atoms with Crippen LogP contribution in [0.3, 0.4) is 0 Å². The Bertz CT molecular complexity index is 1570. The fourth-order valence-corrected chi connectivity index (χ4v) is 6.01. The van der Waals surface area contributed by atoms with Crippen LogP contribution in [0.4, 0.5) is 11.4 Å². The first-order valence-electron chi connectivity index (χ1n) is 11.8. The number of aryl methyl sites for hydroxylation is 2. The minimum absolute atomic E-state index is 0.188. The summed E-state index contributed by atoms with van der Waals surface area (Å²) in [5, 5.41) is 4.08. The number of pyridine rings is 2. The maximum absolute atomic E-state index is 11.8. The monoisotopic (exact) mass is 532 g/mol. The number of nitrogens with one attached hydrogen (secondary N) is 2. The third-order valence-corrected chi connectivity index (χ3v) is 7.48. The molecule has 0 amide bonds. The molecule has 3 aromatic heterocycles. The predicted octanol–water partition coefficient (Wildman–Crippen LogP) is 4.74. The first-order chi connectivity index (χ1) is 17.6. The summed E-state index contributed by atoms with van der Waals surface area (Å²) < 4.78 is 28.4. The SMILES string of the molecule is Cc1cc(N2C(=S)NC(c3ccccn3)C2c2cc(C)n(-c3cccnc3)c2C)ccc1NS(C)(=O)=O. The van der Waals surface area contributed by atoms with Gasteiger partial charge in [-0.15, -0.1) is 0 Å². The summed E-state index contributed by atoms with van der Waals surface area (Å²) in [6.07, 6.45) is 6.55. The summed E-state index contributed by atoms with van der Waals surface area (Å²) in [6, 6.07) is 17.3. The van der Waals surface area contributed by atoms with E-state index in [1.807, 2.05) is 55.6 Å². The summed E-state index contributed by atoms with van der Waals surface area (Å²) in [6.45, 7) is 6.07. The fourth-order valence-electron chi connectivity index (χ4n) is 5.03. The summed E-state index contributed by atoms with van der Waals surface area (Å²) in [4.78, 5) is 11.1. The van der Waals surface area contributed by atoms with Crippen molar-refractivity contribution in [3.8, 4) is 5.69 Å². The number of hydrogen-bond acceptors (Lipinski definition) is 5. The average molecular weight is 533 g/mol. The lowest BCUT2D eigenvalue weighted by Crippen LogP contribution is -2.29. The van der Waals surface area contributed by atoms with E-state index in [0.717, 1.165) is 45.8 Å². The first-order valence-corrected chi connectivity index (χ1v) is 14.1. The molecule has 10 heteroatoms. The molecular weight excluding hydrogens is 504 g/mol. The van der Waals surface area contributed by atoms with Crippen molar-refractivity contribution in [3.63, 3.8) is 0 Å². The van der Waals surface area contributed by atoms with Crippen LogP contribution in [0.15, 0.2) is 73.2 Å². The van der Waals surface area contributed by atoms with E-state index in [1.165, 1.54) is 0 Å². The van der Waals surface area contributed by atoms with Gasteiger partial charge in [0.2, 0.25) is 10.0 Å². The van der Waals surface area contributed by atoms with Gasteiger partial charge < -0.3 is 14.8 Å². The Balaban J connectivity index is 1.65. The minimum Gasteiger partial charge on any atom is -0.351 e. The third kappa shape index (κ3) is 4.82. The van der Waals surface area contributed by atoms with E-state index < -0.39 is 10.0 Å². The molecule has 0 bridgehead atoms. The van der Waals surface area contributed by atoms with E-state index in [1.54, 1.807) is 18.5 Å². The zero-order valence-corrected chi connectivity index (χ0v) is 22.6. The second kappa shape index (κ2) is 9.60. The average Bonchev–Trinajstić information content (AvgIpc) is 3.35. The number of benzene rings is 1. The van der Waals surface area contributed by atoms with Crippen molar-refractivity contribution in [1.29, 1.82) is 0 Å². The summed E-state index contributed by atoms with van der Waals surface area (Å²) in [5.74, 6) is 0. The van der Waals surface area contributed by atoms with Crippen molar-refractivity contribution in [2.45, 2.75) is 32.9 Å². The van der Waals surface area contributed by atoms with Gasteiger partial charge in [0.1, 0.15) is 0 Å². The molecule has 0 saturated carbocycles. The zero-order valence-electron chi connectivity index (χ0n) is 21.0. The Morgan fingerprint density at radius 3 is 2.46 bits per heavy atom. The number of nitrogens with zero attached hydrogens (tertiary/aromatic N) is 4. The summed E-state index contributed by atoms with van der Waals surface area (Å²) in [7, 11) is -3.39. The highest BCUT2D eigenvalue weighted by Gasteiger charge is 2.42. The topological polar surface area (TPSA) is 92.2 Å². The van der Waals surface area contributed by atoms with Crippen LogP contribution in [-0.2, 0) is 10.0 Å². The standard InChI is InChI=1S/C27H28N6O2S2/c1-17-14-20(10-11-23(17)31-37(4,34)35)33-26(25(30-27(33)36)24-9-5-6-13-29-24)22-15-18(2)32(19(22)3)21-8-7-12-28-16-21/h5-16,25-26,31H,1-4H3,(H,30,36). The molecule has 190 valence electrons. The van der Waals surface area contributed by atoms with Gasteiger partial charge in [0.15, 0.2) is 5.11 Å². The molecule has 1 aromatic carbocycles. The van der Waals surface area contributed by atoms with Crippen molar-refractivity contribution in [3.05, 3.63) is 101 Å². The zero-order chi connectivity index (χ0) is 26.3. The highest BCUT2D eigenvalue weighted by atomic mass is 32.2. The number of hydrogen-bond donors (Lipinski definition) is 2. The molecule has 2 unspecified atom stereocenters. The van der Waals surface area contributed by atoms with Crippen LogP contribution in [0.2, 0.25) is 0 Å². The smallest absolute Gasteiger partial charge is 0.229 e. The van der Waals surface area contributed by atoms with Crippen molar-refractivity contribution in [1.82, 2.24) is 19.9 Å². The lowest BCUT2D eigenvalue weighted by atomic mass is 9.96. The largest absolute Gasteiger partial charge is 0.351 e. The molecule has 1 fully saturated rings. The van der Waals surface area contributed by atoms with E-state index >= 15 is 0 Å². The van der Waals surface area contributed by atoms with Crippen molar-refractivity contribution in [2.24, 2.45) is 0 Å². The number of rotatable bonds is 6. The molecule has 5 rings (SSSR count). The molecule has 2 atom stereocenters. The Labute approximate surface area is 222 Å². The molecule has 1 aliphatic heterocycles. The van der Waals surface area contributed by atoms with E-state index in [4.69, 9.17) is 12.2 Å². The summed E-state index contributed by atoms with van der Waals surface area (Å²) in [5.41, 5.74) is 7.36. The van der Waals surface area contributed by atoms with Gasteiger partial charge in [0.25, 0.3) is 0 Å². The van der Waals surface area contributed by atoms with Crippen molar-refractivity contribution in [2.75, 3.05) is 15.9 Å². The predicted molar refractivity (Wildman–Crippen MR) is 151 cm³/mol. The van der Waals surface area contributed by atoms with Gasteiger partial charge in [0, 0.05) is 29.5 Å². The maximum atomic E-state index is 11.8. The molecule has 1 saturated heterocycles. The normalized spacial score (nSPS) is 17.6. The van der Waals surface area contributed by atoms with Gasteiger partial charge in [-0.1, -0.05) is 6.07 Å². The minimum atomic E-state index is -3.39. The van der Waals surface area contributed by atoms with Crippen LogP contribution in [0.5, 0.6) is 0 Å². The van der Waals surface area contributed by atoms with Crippen LogP contribution in [-0.4, -0.2) is 34.3 Å². The lowest BCUT2D eigenvalue weighted by Gasteiger charge is -2.29. The van der Waals surface area contributed by atoms with Gasteiger partial charge in [-0.05, 0) is 92.6 Å². The third-order valence-electron chi connectivity index (χ3n) is 6.57. The number of sulfonamides is 1. The van der Waals surface area contributed by atoms with Crippen molar-refractivity contribution < 1.29 is 8.42 Å². The second-order valence-corrected chi connectivity index (χ2v) is 11.4. The van der Waals surface area contributed by atoms with E-state index in [-0.39, 0.29) is 12.1 Å². The highest BCUT2D eigenvalue weighted by Crippen LogP contribution is 2.44. The Hall–Kier alpha value is -3.76. The van der Waals surface area contributed by atoms with Crippen molar-refractivity contribution >= 4 is 38.7 Å². The highest BCUT2D eigenvalue weighted by molar-refractivity contribution is 7.92. The van der Waals surface area contributed by atoms with E-state index in [2.05, 4.69) is 49.4 Å². The summed E-state index contributed by atoms with van der Waals surface area (Å²) >= 11 is 5.88. The Morgan fingerprint density at radius 1 is 1.00 bits per heavy atom. The second-order valence-electron chi connectivity index (χ2n) is 9.24. The Morgan fingerprint density at radius 2 is 1.81 bits per heavy atom. The quantitative estimate of drug-likeness (QED) is 0.347. The fraction of sp³-hybridized carbons (Fsp3) is 0.222. The molecule has 37 heavy (non-hydrogen) atoms. The molecule has 0 spiro atoms. The van der Waals surface area contributed by atoms with Gasteiger partial charge in [-0.2, -0.15) is 0 Å². The number of thiocarbonyl (C=S) groups is 1. The molecule has 2 N–H and O–H groups in total.